The van der Waals surface area contributed by atoms with Crippen molar-refractivity contribution >= 4 is 39.2 Å². The number of fused-ring (bicyclic) bond motifs is 2. The Bertz CT molecular complexity index is 1110. The van der Waals surface area contributed by atoms with Gasteiger partial charge in [0, 0.05) is 11.4 Å². The predicted octanol–water partition coefficient (Wildman–Crippen LogP) is 3.65. The Kier molecular flexibility index (Phi) is 3.28. The molecule has 0 unspecified atom stereocenters. The molecule has 0 aliphatic heterocycles. The first-order valence-corrected chi connectivity index (χ1v) is 7.46. The van der Waals surface area contributed by atoms with Gasteiger partial charge in [0.25, 0.3) is 0 Å². The number of H-pyrrole nitrogens is 2. The zero-order valence-corrected chi connectivity index (χ0v) is 12.6. The number of rotatable bonds is 2. The van der Waals surface area contributed by atoms with Crippen LogP contribution in [0.5, 0.6) is 0 Å². The molecule has 1 heterocycles. The normalized spacial score (nSPS) is 10.8. The Hall–Kier alpha value is -3.54. The summed E-state index contributed by atoms with van der Waals surface area (Å²) in [5, 5.41) is 7.73. The molecule has 0 aliphatic carbocycles. The first kappa shape index (κ1) is 14.1. The lowest BCUT2D eigenvalue weighted by atomic mass is 10.1. The lowest BCUT2D eigenvalue weighted by Gasteiger charge is -2.08. The van der Waals surface area contributed by atoms with Crippen molar-refractivity contribution in [3.63, 3.8) is 0 Å². The lowest BCUT2D eigenvalue weighted by molar-refractivity contribution is 0.262. The van der Waals surface area contributed by atoms with Gasteiger partial charge < -0.3 is 20.6 Å². The Morgan fingerprint density at radius 3 is 2.25 bits per heavy atom. The van der Waals surface area contributed by atoms with Gasteiger partial charge in [0.05, 0.1) is 11.0 Å². The number of amides is 2. The summed E-state index contributed by atoms with van der Waals surface area (Å²) in [4.78, 5) is 28.7. The van der Waals surface area contributed by atoms with Crippen molar-refractivity contribution in [2.45, 2.75) is 0 Å². The molecule has 0 atom stereocenters. The number of aromatic amines is 2. The van der Waals surface area contributed by atoms with E-state index in [0.717, 1.165) is 10.8 Å². The number of aromatic nitrogens is 2. The van der Waals surface area contributed by atoms with Crippen LogP contribution < -0.4 is 16.3 Å². The average Bonchev–Trinajstić information content (AvgIpc) is 2.94. The fourth-order valence-corrected chi connectivity index (χ4v) is 2.67. The van der Waals surface area contributed by atoms with E-state index in [1.807, 2.05) is 42.5 Å². The Morgan fingerprint density at radius 1 is 0.750 bits per heavy atom. The Morgan fingerprint density at radius 2 is 1.42 bits per heavy atom. The van der Waals surface area contributed by atoms with Gasteiger partial charge in [-0.2, -0.15) is 0 Å². The van der Waals surface area contributed by atoms with Gasteiger partial charge >= 0.3 is 11.7 Å². The molecule has 4 N–H and O–H groups in total. The summed E-state index contributed by atoms with van der Waals surface area (Å²) in [7, 11) is 0. The minimum atomic E-state index is -0.345. The predicted molar refractivity (Wildman–Crippen MR) is 95.5 cm³/mol. The SMILES string of the molecule is O=C(Nc1ccc2ccccc2c1)Nc1ccc2[nH]c(=O)[nH]c2c1. The molecule has 0 fully saturated rings. The second-order valence-electron chi connectivity index (χ2n) is 5.48. The van der Waals surface area contributed by atoms with Gasteiger partial charge in [-0.15, -0.1) is 0 Å². The van der Waals surface area contributed by atoms with Crippen molar-refractivity contribution in [2.24, 2.45) is 0 Å². The van der Waals surface area contributed by atoms with Gasteiger partial charge in [0.15, 0.2) is 0 Å². The highest BCUT2D eigenvalue weighted by atomic mass is 16.2. The van der Waals surface area contributed by atoms with Crippen LogP contribution in [0.25, 0.3) is 21.8 Å². The fraction of sp³-hybridized carbons (Fsp3) is 0. The monoisotopic (exact) mass is 318 g/mol. The molecule has 0 aliphatic rings. The van der Waals surface area contributed by atoms with E-state index in [4.69, 9.17) is 0 Å². The molecule has 24 heavy (non-hydrogen) atoms. The smallest absolute Gasteiger partial charge is 0.308 e. The third-order valence-electron chi connectivity index (χ3n) is 3.78. The van der Waals surface area contributed by atoms with Crippen LogP contribution in [-0.2, 0) is 0 Å². The van der Waals surface area contributed by atoms with Crippen molar-refractivity contribution in [3.05, 3.63) is 71.1 Å². The van der Waals surface area contributed by atoms with Crippen LogP contribution in [0.4, 0.5) is 16.2 Å². The zero-order chi connectivity index (χ0) is 16.5. The second kappa shape index (κ2) is 5.58. The largest absolute Gasteiger partial charge is 0.323 e. The average molecular weight is 318 g/mol. The molecule has 4 aromatic rings. The maximum Gasteiger partial charge on any atom is 0.323 e. The van der Waals surface area contributed by atoms with E-state index in [1.54, 1.807) is 18.2 Å². The summed E-state index contributed by atoms with van der Waals surface area (Å²) in [6, 6.07) is 18.5. The van der Waals surface area contributed by atoms with Crippen LogP contribution in [0.3, 0.4) is 0 Å². The first-order valence-electron chi connectivity index (χ1n) is 7.46. The minimum Gasteiger partial charge on any atom is -0.308 e. The van der Waals surface area contributed by atoms with Crippen molar-refractivity contribution in [2.75, 3.05) is 10.6 Å². The van der Waals surface area contributed by atoms with Crippen LogP contribution in [0.15, 0.2) is 65.5 Å². The Labute approximate surface area is 136 Å². The van der Waals surface area contributed by atoms with E-state index >= 15 is 0 Å². The number of hydrogen-bond acceptors (Lipinski definition) is 2. The molecule has 1 aromatic heterocycles. The molecule has 0 saturated carbocycles. The van der Waals surface area contributed by atoms with Gasteiger partial charge in [-0.25, -0.2) is 9.59 Å². The van der Waals surface area contributed by atoms with Crippen molar-refractivity contribution in [1.29, 1.82) is 0 Å². The molecule has 4 rings (SSSR count). The van der Waals surface area contributed by atoms with Crippen LogP contribution in [0, 0.1) is 0 Å². The number of carbonyl (C=O) groups is 1. The number of hydrogen-bond donors (Lipinski definition) is 4. The number of nitrogens with one attached hydrogen (secondary N) is 4. The van der Waals surface area contributed by atoms with Gasteiger partial charge in [-0.1, -0.05) is 30.3 Å². The summed E-state index contributed by atoms with van der Waals surface area (Å²) in [5.41, 5.74) is 2.37. The number of imidazole rings is 1. The maximum atomic E-state index is 12.2. The maximum absolute atomic E-state index is 12.2. The van der Waals surface area contributed by atoms with Crippen LogP contribution in [0.2, 0.25) is 0 Å². The van der Waals surface area contributed by atoms with Crippen LogP contribution in [0.1, 0.15) is 0 Å². The molecule has 6 nitrogen and oxygen atoms in total. The molecular formula is C18H14N4O2. The summed E-state index contributed by atoms with van der Waals surface area (Å²) in [6.07, 6.45) is 0. The standard InChI is InChI=1S/C18H14N4O2/c23-17(19-13-6-5-11-3-1-2-4-12(11)9-13)20-14-7-8-15-16(10-14)22-18(24)21-15/h1-10H,(H2,19,20,23)(H2,21,22,24). The first-order chi connectivity index (χ1) is 11.7. The van der Waals surface area contributed by atoms with Crippen LogP contribution >= 0.6 is 0 Å². The number of benzene rings is 3. The van der Waals surface area contributed by atoms with Crippen molar-refractivity contribution in [1.82, 2.24) is 9.97 Å². The third kappa shape index (κ3) is 2.72. The highest BCUT2D eigenvalue weighted by molar-refractivity contribution is 6.02. The van der Waals surface area contributed by atoms with E-state index in [-0.39, 0.29) is 11.7 Å². The minimum absolute atomic E-state index is 0.275. The van der Waals surface area contributed by atoms with Crippen LogP contribution in [-0.4, -0.2) is 16.0 Å². The fourth-order valence-electron chi connectivity index (χ4n) is 2.67. The van der Waals surface area contributed by atoms with E-state index in [1.165, 1.54) is 0 Å². The topological polar surface area (TPSA) is 89.8 Å². The van der Waals surface area contributed by atoms with Gasteiger partial charge in [0.2, 0.25) is 0 Å². The Balaban J connectivity index is 1.52. The molecule has 2 amide bonds. The lowest BCUT2D eigenvalue weighted by Crippen LogP contribution is -2.19. The number of urea groups is 1. The number of anilines is 2. The molecule has 6 heteroatoms. The molecule has 0 bridgehead atoms. The second-order valence-corrected chi connectivity index (χ2v) is 5.48. The molecule has 0 spiro atoms. The van der Waals surface area contributed by atoms with Gasteiger partial charge in [-0.05, 0) is 41.1 Å². The van der Waals surface area contributed by atoms with Gasteiger partial charge in [0.1, 0.15) is 0 Å². The van der Waals surface area contributed by atoms with E-state index < -0.39 is 0 Å². The molecule has 3 aromatic carbocycles. The summed E-state index contributed by atoms with van der Waals surface area (Å²) in [5.74, 6) is 0. The molecular weight excluding hydrogens is 304 g/mol. The van der Waals surface area contributed by atoms with Crippen molar-refractivity contribution in [3.8, 4) is 0 Å². The number of carbonyl (C=O) groups excluding carboxylic acids is 1. The summed E-state index contributed by atoms with van der Waals surface area (Å²) in [6.45, 7) is 0. The van der Waals surface area contributed by atoms with Gasteiger partial charge in [-0.3, -0.25) is 0 Å². The third-order valence-corrected chi connectivity index (χ3v) is 3.78. The summed E-state index contributed by atoms with van der Waals surface area (Å²) >= 11 is 0. The highest BCUT2D eigenvalue weighted by Crippen LogP contribution is 2.19. The molecule has 0 saturated heterocycles. The quantitative estimate of drug-likeness (QED) is 0.454. The zero-order valence-electron chi connectivity index (χ0n) is 12.6. The molecule has 118 valence electrons. The summed E-state index contributed by atoms with van der Waals surface area (Å²) < 4.78 is 0. The van der Waals surface area contributed by atoms with E-state index in [0.29, 0.717) is 22.4 Å². The van der Waals surface area contributed by atoms with E-state index in [9.17, 15) is 9.59 Å². The van der Waals surface area contributed by atoms with E-state index in [2.05, 4.69) is 20.6 Å². The molecule has 0 radical (unpaired) electrons. The van der Waals surface area contributed by atoms with Crippen molar-refractivity contribution < 1.29 is 4.79 Å². The highest BCUT2D eigenvalue weighted by Gasteiger charge is 2.05.